The Balaban J connectivity index is 2.30. The second-order valence-electron chi connectivity index (χ2n) is 4.87. The van der Waals surface area contributed by atoms with Gasteiger partial charge in [0, 0.05) is 24.6 Å². The van der Waals surface area contributed by atoms with Gasteiger partial charge in [-0.25, -0.2) is 0 Å². The van der Waals surface area contributed by atoms with Crippen molar-refractivity contribution in [3.8, 4) is 0 Å². The van der Waals surface area contributed by atoms with Crippen molar-refractivity contribution in [1.29, 1.82) is 0 Å². The van der Waals surface area contributed by atoms with E-state index in [4.69, 9.17) is 16.3 Å². The zero-order valence-electron chi connectivity index (χ0n) is 11.1. The van der Waals surface area contributed by atoms with Crippen molar-refractivity contribution in [2.75, 3.05) is 18.5 Å². The highest BCUT2D eigenvalue weighted by atomic mass is 79.9. The number of carbonyl (C=O) groups is 1. The molecule has 1 N–H and O–H groups in total. The van der Waals surface area contributed by atoms with E-state index in [0.29, 0.717) is 31.4 Å². The highest BCUT2D eigenvalue weighted by Gasteiger charge is 2.35. The van der Waals surface area contributed by atoms with E-state index in [1.165, 1.54) is 18.2 Å². The van der Waals surface area contributed by atoms with Gasteiger partial charge in [0.05, 0.1) is 15.5 Å². The summed E-state index contributed by atoms with van der Waals surface area (Å²) in [6.45, 7) is 1.08. The van der Waals surface area contributed by atoms with Crippen molar-refractivity contribution >= 4 is 39.1 Å². The van der Waals surface area contributed by atoms with Crippen LogP contribution in [0, 0.1) is 10.1 Å². The molecule has 1 amide bonds. The zero-order chi connectivity index (χ0) is 15.5. The molecule has 1 aliphatic heterocycles. The Morgan fingerprint density at radius 1 is 1.48 bits per heavy atom. The molecule has 0 radical (unpaired) electrons. The number of hydrogen-bond donors (Lipinski definition) is 1. The van der Waals surface area contributed by atoms with Gasteiger partial charge >= 0.3 is 0 Å². The first-order valence-corrected chi connectivity index (χ1v) is 7.88. The second-order valence-corrected chi connectivity index (χ2v) is 5.84. The molecular formula is C13H14BrClN2O4. The predicted octanol–water partition coefficient (Wildman–Crippen LogP) is 2.92. The third-order valence-electron chi connectivity index (χ3n) is 3.50. The molecular weight excluding hydrogens is 364 g/mol. The van der Waals surface area contributed by atoms with Crippen LogP contribution in [0.25, 0.3) is 0 Å². The van der Waals surface area contributed by atoms with E-state index in [-0.39, 0.29) is 16.3 Å². The van der Waals surface area contributed by atoms with Crippen molar-refractivity contribution in [2.24, 2.45) is 0 Å². The Labute approximate surface area is 135 Å². The van der Waals surface area contributed by atoms with Gasteiger partial charge in [-0.05, 0) is 18.9 Å². The number of nitrogens with zero attached hydrogens (tertiary/aromatic N) is 1. The Morgan fingerprint density at radius 3 is 2.71 bits per heavy atom. The number of rotatable bonds is 4. The number of nitro benzene ring substituents is 1. The van der Waals surface area contributed by atoms with Crippen LogP contribution in [0.15, 0.2) is 18.2 Å². The Kier molecular flexibility index (Phi) is 5.18. The fourth-order valence-corrected chi connectivity index (χ4v) is 3.20. The summed E-state index contributed by atoms with van der Waals surface area (Å²) in [5, 5.41) is 14.6. The lowest BCUT2D eigenvalue weighted by Crippen LogP contribution is -2.53. The van der Waals surface area contributed by atoms with Crippen LogP contribution >= 0.6 is 27.5 Å². The smallest absolute Gasteiger partial charge is 0.283 e. The van der Waals surface area contributed by atoms with Gasteiger partial charge in [0.15, 0.2) is 0 Å². The van der Waals surface area contributed by atoms with Crippen molar-refractivity contribution in [2.45, 2.75) is 18.4 Å². The van der Waals surface area contributed by atoms with E-state index in [9.17, 15) is 14.9 Å². The van der Waals surface area contributed by atoms with Gasteiger partial charge in [-0.3, -0.25) is 14.9 Å². The molecule has 21 heavy (non-hydrogen) atoms. The van der Waals surface area contributed by atoms with E-state index < -0.39 is 16.4 Å². The number of halogens is 2. The van der Waals surface area contributed by atoms with Crippen LogP contribution in [0.2, 0.25) is 5.02 Å². The molecule has 0 aromatic heterocycles. The van der Waals surface area contributed by atoms with Crippen LogP contribution in [0.4, 0.5) is 5.69 Å². The first-order chi connectivity index (χ1) is 9.99. The van der Waals surface area contributed by atoms with E-state index in [0.717, 1.165) is 0 Å². The minimum absolute atomic E-state index is 0.0680. The van der Waals surface area contributed by atoms with Crippen LogP contribution in [0.3, 0.4) is 0 Å². The molecule has 0 saturated carbocycles. The SMILES string of the molecule is O=C(NC1(CBr)CCOCC1)c1c(Cl)cccc1[N+](=O)[O-]. The van der Waals surface area contributed by atoms with Crippen LogP contribution in [0.5, 0.6) is 0 Å². The molecule has 2 rings (SSSR count). The van der Waals surface area contributed by atoms with Gasteiger partial charge in [0.2, 0.25) is 0 Å². The molecule has 6 nitrogen and oxygen atoms in total. The summed E-state index contributed by atoms with van der Waals surface area (Å²) in [6, 6.07) is 4.19. The third kappa shape index (κ3) is 3.53. The van der Waals surface area contributed by atoms with E-state index in [1.807, 2.05) is 0 Å². The summed E-state index contributed by atoms with van der Waals surface area (Å²) in [4.78, 5) is 22.9. The minimum atomic E-state index is -0.606. The van der Waals surface area contributed by atoms with Crippen molar-refractivity contribution in [3.05, 3.63) is 38.9 Å². The maximum absolute atomic E-state index is 12.5. The highest BCUT2D eigenvalue weighted by Crippen LogP contribution is 2.29. The van der Waals surface area contributed by atoms with Gasteiger partial charge in [0.1, 0.15) is 5.56 Å². The van der Waals surface area contributed by atoms with Gasteiger partial charge in [0.25, 0.3) is 11.6 Å². The molecule has 0 atom stereocenters. The lowest BCUT2D eigenvalue weighted by Gasteiger charge is -2.36. The van der Waals surface area contributed by atoms with E-state index in [2.05, 4.69) is 21.2 Å². The molecule has 1 aromatic carbocycles. The Morgan fingerprint density at radius 2 is 2.14 bits per heavy atom. The first kappa shape index (κ1) is 16.2. The normalized spacial score (nSPS) is 17.2. The van der Waals surface area contributed by atoms with Gasteiger partial charge < -0.3 is 10.1 Å². The molecule has 1 saturated heterocycles. The van der Waals surface area contributed by atoms with Crippen molar-refractivity contribution < 1.29 is 14.5 Å². The molecule has 0 bridgehead atoms. The lowest BCUT2D eigenvalue weighted by atomic mass is 9.92. The first-order valence-electron chi connectivity index (χ1n) is 6.38. The number of amides is 1. The van der Waals surface area contributed by atoms with Crippen LogP contribution in [0.1, 0.15) is 23.2 Å². The second kappa shape index (κ2) is 6.72. The van der Waals surface area contributed by atoms with Crippen LogP contribution in [-0.4, -0.2) is 34.9 Å². The molecule has 0 spiro atoms. The quantitative estimate of drug-likeness (QED) is 0.497. The molecule has 0 unspecified atom stereocenters. The van der Waals surface area contributed by atoms with Gasteiger partial charge in [-0.15, -0.1) is 0 Å². The number of ether oxygens (including phenoxy) is 1. The average molecular weight is 378 g/mol. The third-order valence-corrected chi connectivity index (χ3v) is 4.89. The van der Waals surface area contributed by atoms with Crippen LogP contribution in [-0.2, 0) is 4.74 Å². The number of hydrogen-bond acceptors (Lipinski definition) is 4. The lowest BCUT2D eigenvalue weighted by molar-refractivity contribution is -0.385. The minimum Gasteiger partial charge on any atom is -0.381 e. The summed E-state index contributed by atoms with van der Waals surface area (Å²) in [6.07, 6.45) is 1.28. The molecule has 1 aromatic rings. The molecule has 8 heteroatoms. The number of benzene rings is 1. The molecule has 1 fully saturated rings. The van der Waals surface area contributed by atoms with E-state index in [1.54, 1.807) is 0 Å². The number of alkyl halides is 1. The summed E-state index contributed by atoms with van der Waals surface area (Å²) < 4.78 is 5.29. The fraction of sp³-hybridized carbons (Fsp3) is 0.462. The van der Waals surface area contributed by atoms with Crippen LogP contribution < -0.4 is 5.32 Å². The standard InChI is InChI=1S/C13H14BrClN2O4/c14-8-13(4-6-21-7-5-13)16-12(18)11-9(15)2-1-3-10(11)17(19)20/h1-3H,4-8H2,(H,16,18). The Hall–Kier alpha value is -1.18. The maximum Gasteiger partial charge on any atom is 0.283 e. The van der Waals surface area contributed by atoms with Gasteiger partial charge in [-0.1, -0.05) is 33.6 Å². The topological polar surface area (TPSA) is 81.5 Å². The predicted molar refractivity (Wildman–Crippen MR) is 82.2 cm³/mol. The molecule has 1 aliphatic rings. The summed E-state index contributed by atoms with van der Waals surface area (Å²) in [5.41, 5.74) is -0.865. The summed E-state index contributed by atoms with van der Waals surface area (Å²) >= 11 is 9.37. The molecule has 1 heterocycles. The maximum atomic E-state index is 12.5. The molecule has 0 aliphatic carbocycles. The zero-order valence-corrected chi connectivity index (χ0v) is 13.4. The van der Waals surface area contributed by atoms with E-state index >= 15 is 0 Å². The highest BCUT2D eigenvalue weighted by molar-refractivity contribution is 9.09. The van der Waals surface area contributed by atoms with Crippen molar-refractivity contribution in [3.63, 3.8) is 0 Å². The monoisotopic (exact) mass is 376 g/mol. The number of nitro groups is 1. The Bertz CT molecular complexity index is 561. The average Bonchev–Trinajstić information content (AvgIpc) is 2.47. The summed E-state index contributed by atoms with van der Waals surface area (Å²) in [7, 11) is 0. The van der Waals surface area contributed by atoms with Crippen molar-refractivity contribution in [1.82, 2.24) is 5.32 Å². The van der Waals surface area contributed by atoms with Gasteiger partial charge in [-0.2, -0.15) is 0 Å². The molecule has 114 valence electrons. The number of carbonyl (C=O) groups excluding carboxylic acids is 1. The summed E-state index contributed by atoms with van der Waals surface area (Å²) in [5.74, 6) is -0.534. The largest absolute Gasteiger partial charge is 0.381 e. The fourth-order valence-electron chi connectivity index (χ4n) is 2.25. The number of nitrogens with one attached hydrogen (secondary N) is 1.